The zero-order chi connectivity index (χ0) is 10.8. The summed E-state index contributed by atoms with van der Waals surface area (Å²) in [6.45, 7) is 1.69. The molecule has 0 bridgehead atoms. The Hall–Kier alpha value is -1.26. The second kappa shape index (κ2) is 4.08. The smallest absolute Gasteiger partial charge is 0.263 e. The molecule has 15 heavy (non-hydrogen) atoms. The molecule has 4 nitrogen and oxygen atoms in total. The first kappa shape index (κ1) is 10.3. The molecule has 0 aliphatic heterocycles. The largest absolute Gasteiger partial charge is 0.442 e. The van der Waals surface area contributed by atoms with Gasteiger partial charge in [-0.05, 0) is 30.7 Å². The summed E-state index contributed by atoms with van der Waals surface area (Å²) in [5, 5.41) is 9.46. The van der Waals surface area contributed by atoms with Gasteiger partial charge in [-0.25, -0.2) is 4.98 Å². The van der Waals surface area contributed by atoms with Gasteiger partial charge in [0.1, 0.15) is 6.26 Å². The molecular formula is C10H10ClNO3. The van der Waals surface area contributed by atoms with Crippen LogP contribution in [0.1, 0.15) is 12.6 Å². The van der Waals surface area contributed by atoms with Crippen molar-refractivity contribution in [2.75, 3.05) is 0 Å². The van der Waals surface area contributed by atoms with Gasteiger partial charge >= 0.3 is 0 Å². The Bertz CT molecular complexity index is 447. The Morgan fingerprint density at radius 3 is 2.93 bits per heavy atom. The molecule has 0 aliphatic rings. The number of aliphatic hydroxyl groups excluding tert-OH is 1. The third-order valence-corrected chi connectivity index (χ3v) is 2.04. The van der Waals surface area contributed by atoms with Crippen molar-refractivity contribution in [1.82, 2.24) is 4.98 Å². The summed E-state index contributed by atoms with van der Waals surface area (Å²) in [5.74, 6) is 0.856. The van der Waals surface area contributed by atoms with Gasteiger partial charge in [-0.15, -0.1) is 0 Å². The van der Waals surface area contributed by atoms with Gasteiger partial charge in [0.05, 0.1) is 11.8 Å². The maximum Gasteiger partial charge on any atom is 0.263 e. The quantitative estimate of drug-likeness (QED) is 0.875. The zero-order valence-corrected chi connectivity index (χ0v) is 8.86. The van der Waals surface area contributed by atoms with Crippen molar-refractivity contribution in [3.05, 3.63) is 29.3 Å². The summed E-state index contributed by atoms with van der Waals surface area (Å²) in [4.78, 5) is 4.15. The first-order chi connectivity index (χ1) is 7.15. The maximum absolute atomic E-state index is 9.16. The van der Waals surface area contributed by atoms with Crippen molar-refractivity contribution in [1.29, 1.82) is 0 Å². The Labute approximate surface area is 91.5 Å². The predicted octanol–water partition coefficient (Wildman–Crippen LogP) is 2.51. The lowest BCUT2D eigenvalue weighted by molar-refractivity contribution is 0.194. The summed E-state index contributed by atoms with van der Waals surface area (Å²) in [7, 11) is 0. The minimum Gasteiger partial charge on any atom is -0.442 e. The molecule has 0 aromatic carbocycles. The second-order valence-corrected chi connectivity index (χ2v) is 3.67. The lowest BCUT2D eigenvalue weighted by atomic mass is 10.2. The van der Waals surface area contributed by atoms with E-state index in [0.29, 0.717) is 29.0 Å². The maximum atomic E-state index is 9.16. The molecule has 5 heteroatoms. The number of nitrogens with zero attached hydrogens (tertiary/aromatic N) is 1. The lowest BCUT2D eigenvalue weighted by Crippen LogP contribution is -2.04. The second-order valence-electron chi connectivity index (χ2n) is 3.30. The van der Waals surface area contributed by atoms with E-state index in [-0.39, 0.29) is 0 Å². The van der Waals surface area contributed by atoms with Gasteiger partial charge in [0, 0.05) is 6.42 Å². The van der Waals surface area contributed by atoms with E-state index in [1.54, 1.807) is 19.1 Å². The summed E-state index contributed by atoms with van der Waals surface area (Å²) in [5.41, 5.74) is 0.688. The van der Waals surface area contributed by atoms with E-state index in [2.05, 4.69) is 4.98 Å². The third kappa shape index (κ3) is 2.40. The Morgan fingerprint density at radius 1 is 1.53 bits per heavy atom. The number of furan rings is 1. The molecule has 2 rings (SSSR count). The van der Waals surface area contributed by atoms with E-state index in [0.717, 1.165) is 0 Å². The summed E-state index contributed by atoms with van der Waals surface area (Å²) in [6, 6.07) is 3.30. The summed E-state index contributed by atoms with van der Waals surface area (Å²) in [6.07, 6.45) is 1.51. The number of hydrogen-bond donors (Lipinski definition) is 1. The number of rotatable bonds is 3. The molecule has 80 valence electrons. The van der Waals surface area contributed by atoms with Crippen molar-refractivity contribution in [2.45, 2.75) is 19.4 Å². The van der Waals surface area contributed by atoms with E-state index < -0.39 is 6.10 Å². The highest BCUT2D eigenvalue weighted by Gasteiger charge is 2.11. The van der Waals surface area contributed by atoms with Crippen LogP contribution in [0, 0.1) is 0 Å². The highest BCUT2D eigenvalue weighted by atomic mass is 35.5. The highest BCUT2D eigenvalue weighted by Crippen LogP contribution is 2.24. The van der Waals surface area contributed by atoms with Gasteiger partial charge in [0.25, 0.3) is 5.89 Å². The number of aliphatic hydroxyl groups is 1. The predicted molar refractivity (Wildman–Crippen MR) is 54.6 cm³/mol. The van der Waals surface area contributed by atoms with Gasteiger partial charge in [0.2, 0.25) is 0 Å². The van der Waals surface area contributed by atoms with E-state index in [1.165, 1.54) is 6.26 Å². The SMILES string of the molecule is CC(O)Cc1coc(-c2ccc(Cl)o2)n1. The van der Waals surface area contributed by atoms with Crippen LogP contribution >= 0.6 is 11.6 Å². The number of oxazole rings is 1. The van der Waals surface area contributed by atoms with Crippen molar-refractivity contribution >= 4 is 11.6 Å². The topological polar surface area (TPSA) is 59.4 Å². The van der Waals surface area contributed by atoms with E-state index in [4.69, 9.17) is 25.5 Å². The fourth-order valence-corrected chi connectivity index (χ4v) is 1.39. The molecule has 1 unspecified atom stereocenters. The molecule has 0 saturated carbocycles. The Balaban J connectivity index is 2.20. The van der Waals surface area contributed by atoms with Gasteiger partial charge < -0.3 is 13.9 Å². The monoisotopic (exact) mass is 227 g/mol. The van der Waals surface area contributed by atoms with Crippen LogP contribution < -0.4 is 0 Å². The van der Waals surface area contributed by atoms with Crippen LogP contribution in [0.2, 0.25) is 5.22 Å². The van der Waals surface area contributed by atoms with Gasteiger partial charge in [0.15, 0.2) is 11.0 Å². The first-order valence-corrected chi connectivity index (χ1v) is 4.91. The average Bonchev–Trinajstić information content (AvgIpc) is 2.72. The molecule has 1 atom stereocenters. The first-order valence-electron chi connectivity index (χ1n) is 4.53. The van der Waals surface area contributed by atoms with Gasteiger partial charge in [-0.1, -0.05) is 0 Å². The molecule has 0 saturated heterocycles. The molecule has 2 aromatic heterocycles. The van der Waals surface area contributed by atoms with Crippen molar-refractivity contribution in [3.8, 4) is 11.7 Å². The van der Waals surface area contributed by atoms with E-state index in [1.807, 2.05) is 0 Å². The van der Waals surface area contributed by atoms with Crippen LogP contribution in [0.25, 0.3) is 11.7 Å². The molecule has 0 radical (unpaired) electrons. The van der Waals surface area contributed by atoms with Crippen molar-refractivity contribution < 1.29 is 13.9 Å². The lowest BCUT2D eigenvalue weighted by Gasteiger charge is -1.96. The number of halogens is 1. The molecule has 0 spiro atoms. The third-order valence-electron chi connectivity index (χ3n) is 1.84. The van der Waals surface area contributed by atoms with E-state index in [9.17, 15) is 0 Å². The highest BCUT2D eigenvalue weighted by molar-refractivity contribution is 6.28. The number of hydrogen-bond acceptors (Lipinski definition) is 4. The van der Waals surface area contributed by atoms with Crippen molar-refractivity contribution in [2.24, 2.45) is 0 Å². The molecule has 2 heterocycles. The van der Waals surface area contributed by atoms with Gasteiger partial charge in [-0.2, -0.15) is 0 Å². The van der Waals surface area contributed by atoms with Crippen LogP contribution in [-0.4, -0.2) is 16.2 Å². The van der Waals surface area contributed by atoms with Gasteiger partial charge in [-0.3, -0.25) is 0 Å². The van der Waals surface area contributed by atoms with E-state index >= 15 is 0 Å². The standard InChI is InChI=1S/C10H10ClNO3/c1-6(13)4-7-5-14-10(12-7)8-2-3-9(11)15-8/h2-3,5-6,13H,4H2,1H3. The molecule has 2 aromatic rings. The fourth-order valence-electron chi connectivity index (χ4n) is 1.25. The molecule has 0 fully saturated rings. The van der Waals surface area contributed by atoms with Crippen LogP contribution in [0.4, 0.5) is 0 Å². The average molecular weight is 228 g/mol. The molecule has 0 aliphatic carbocycles. The summed E-state index contributed by atoms with van der Waals surface area (Å²) >= 11 is 5.63. The molecule has 0 amide bonds. The summed E-state index contributed by atoms with van der Waals surface area (Å²) < 4.78 is 10.3. The molecular weight excluding hydrogens is 218 g/mol. The van der Waals surface area contributed by atoms with Crippen LogP contribution in [-0.2, 0) is 6.42 Å². The number of aromatic nitrogens is 1. The normalized spacial score (nSPS) is 13.0. The zero-order valence-electron chi connectivity index (χ0n) is 8.11. The fraction of sp³-hybridized carbons (Fsp3) is 0.300. The minimum absolute atomic E-state index is 0.292. The minimum atomic E-state index is -0.442. The van der Waals surface area contributed by atoms with Crippen molar-refractivity contribution in [3.63, 3.8) is 0 Å². The Kier molecular flexibility index (Phi) is 2.79. The van der Waals surface area contributed by atoms with Crippen LogP contribution in [0.5, 0.6) is 0 Å². The van der Waals surface area contributed by atoms with Crippen LogP contribution in [0.3, 0.4) is 0 Å². The Morgan fingerprint density at radius 2 is 2.33 bits per heavy atom. The van der Waals surface area contributed by atoms with Crippen LogP contribution in [0.15, 0.2) is 27.2 Å². The molecule has 1 N–H and O–H groups in total.